The molecule has 0 saturated heterocycles. The molecular formula is C37H37N3O. The Balaban J connectivity index is 1.65. The van der Waals surface area contributed by atoms with Gasteiger partial charge in [-0.25, -0.2) is 4.98 Å². The number of aromatic nitrogens is 3. The summed E-state index contributed by atoms with van der Waals surface area (Å²) in [6.07, 6.45) is 1.83. The molecule has 0 saturated carbocycles. The fraction of sp³-hybridized carbons (Fsp3) is 0.243. The Kier molecular flexibility index (Phi) is 6.26. The lowest BCUT2D eigenvalue weighted by Gasteiger charge is -2.27. The first-order valence-electron chi connectivity index (χ1n) is 14.2. The monoisotopic (exact) mass is 539 g/mol. The maximum absolute atomic E-state index is 11.6. The Labute approximate surface area is 242 Å². The van der Waals surface area contributed by atoms with E-state index < -0.39 is 0 Å². The van der Waals surface area contributed by atoms with Gasteiger partial charge < -0.3 is 5.11 Å². The molecule has 6 aromatic rings. The average Bonchev–Trinajstić information content (AvgIpc) is 3.25. The van der Waals surface area contributed by atoms with E-state index >= 15 is 0 Å². The molecule has 3 heterocycles. The fourth-order valence-corrected chi connectivity index (χ4v) is 5.66. The number of phenols is 1. The van der Waals surface area contributed by atoms with E-state index in [1.54, 1.807) is 0 Å². The van der Waals surface area contributed by atoms with Crippen molar-refractivity contribution in [2.75, 3.05) is 0 Å². The molecule has 0 fully saturated rings. The Morgan fingerprint density at radius 2 is 1.46 bits per heavy atom. The normalized spacial score (nSPS) is 12.4. The summed E-state index contributed by atoms with van der Waals surface area (Å²) < 4.78 is 2.24. The number of fused-ring (bicyclic) bond motifs is 3. The van der Waals surface area contributed by atoms with E-state index in [9.17, 15) is 5.11 Å². The summed E-state index contributed by atoms with van der Waals surface area (Å²) in [7, 11) is 0. The van der Waals surface area contributed by atoms with Crippen LogP contribution < -0.4 is 0 Å². The second kappa shape index (κ2) is 9.59. The molecule has 0 aliphatic heterocycles. The molecular weight excluding hydrogens is 502 g/mol. The molecule has 0 amide bonds. The van der Waals surface area contributed by atoms with Crippen molar-refractivity contribution in [2.24, 2.45) is 0 Å². The quantitative estimate of drug-likeness (QED) is 0.244. The smallest absolute Gasteiger partial charge is 0.146 e. The van der Waals surface area contributed by atoms with E-state index in [-0.39, 0.29) is 10.8 Å². The van der Waals surface area contributed by atoms with Crippen LogP contribution in [-0.4, -0.2) is 19.6 Å². The molecule has 41 heavy (non-hydrogen) atoms. The third kappa shape index (κ3) is 4.78. The van der Waals surface area contributed by atoms with E-state index in [1.165, 1.54) is 5.56 Å². The largest absolute Gasteiger partial charge is 0.507 e. The zero-order chi connectivity index (χ0) is 29.1. The summed E-state index contributed by atoms with van der Waals surface area (Å²) >= 11 is 0. The van der Waals surface area contributed by atoms with Crippen LogP contribution in [0.15, 0.2) is 91.1 Å². The summed E-state index contributed by atoms with van der Waals surface area (Å²) in [5, 5.41) is 13.8. The van der Waals surface area contributed by atoms with Gasteiger partial charge in [-0.2, -0.15) is 0 Å². The molecule has 6 rings (SSSR count). The molecule has 0 aliphatic rings. The molecule has 0 unspecified atom stereocenters. The third-order valence-corrected chi connectivity index (χ3v) is 7.86. The van der Waals surface area contributed by atoms with E-state index in [4.69, 9.17) is 4.98 Å². The minimum absolute atomic E-state index is 0.0785. The SMILES string of the molecule is Cc1cc(-c2ccccn2)cc(-n2c3ccccc3c3ccc(-c4cc(C(C)(C)C)cc(C(C)(C)C)c4O)nc32)c1. The highest BCUT2D eigenvalue weighted by molar-refractivity contribution is 6.08. The van der Waals surface area contributed by atoms with Crippen molar-refractivity contribution in [1.82, 2.24) is 14.5 Å². The molecule has 4 heteroatoms. The number of para-hydroxylation sites is 1. The van der Waals surface area contributed by atoms with Crippen molar-refractivity contribution in [1.29, 1.82) is 0 Å². The number of aryl methyl sites for hydroxylation is 1. The number of benzene rings is 3. The van der Waals surface area contributed by atoms with Crippen LogP contribution in [-0.2, 0) is 10.8 Å². The van der Waals surface area contributed by atoms with Crippen molar-refractivity contribution >= 4 is 21.9 Å². The molecule has 0 bridgehead atoms. The standard InChI is InChI=1S/C37H37N3O/c1-23-18-24(31-13-10-11-17-38-31)20-26(19-23)40-33-14-9-8-12-27(33)28-15-16-32(39-35(28)40)29-21-25(36(2,3)4)22-30(34(29)41)37(5,6)7/h8-22,41H,1-7H3. The molecule has 3 aromatic heterocycles. The van der Waals surface area contributed by atoms with Crippen LogP contribution in [0.5, 0.6) is 5.75 Å². The van der Waals surface area contributed by atoms with Gasteiger partial charge in [-0.15, -0.1) is 0 Å². The van der Waals surface area contributed by atoms with Crippen molar-refractivity contribution in [3.05, 3.63) is 108 Å². The van der Waals surface area contributed by atoms with Gasteiger partial charge in [0.15, 0.2) is 0 Å². The van der Waals surface area contributed by atoms with Crippen molar-refractivity contribution in [3.8, 4) is 34.0 Å². The highest BCUT2D eigenvalue weighted by Crippen LogP contribution is 2.42. The summed E-state index contributed by atoms with van der Waals surface area (Å²) in [6.45, 7) is 15.2. The first-order valence-corrected chi connectivity index (χ1v) is 14.2. The van der Waals surface area contributed by atoms with E-state index in [0.717, 1.165) is 61.3 Å². The first-order chi connectivity index (χ1) is 19.4. The van der Waals surface area contributed by atoms with Crippen LogP contribution in [0.1, 0.15) is 58.2 Å². The second-order valence-electron chi connectivity index (χ2n) is 13.1. The molecule has 0 atom stereocenters. The van der Waals surface area contributed by atoms with Crippen LogP contribution in [0.3, 0.4) is 0 Å². The lowest BCUT2D eigenvalue weighted by atomic mass is 9.78. The van der Waals surface area contributed by atoms with Gasteiger partial charge in [-0.3, -0.25) is 9.55 Å². The van der Waals surface area contributed by atoms with Gasteiger partial charge in [0.2, 0.25) is 0 Å². The number of hydrogen-bond acceptors (Lipinski definition) is 3. The van der Waals surface area contributed by atoms with Crippen LogP contribution in [0.25, 0.3) is 50.1 Å². The maximum atomic E-state index is 11.6. The van der Waals surface area contributed by atoms with Gasteiger partial charge in [-0.1, -0.05) is 71.9 Å². The minimum Gasteiger partial charge on any atom is -0.507 e. The predicted octanol–water partition coefficient (Wildman–Crippen LogP) is 9.52. The van der Waals surface area contributed by atoms with Crippen molar-refractivity contribution in [3.63, 3.8) is 0 Å². The third-order valence-electron chi connectivity index (χ3n) is 7.86. The Hall–Kier alpha value is -4.44. The van der Waals surface area contributed by atoms with Crippen LogP contribution in [0.4, 0.5) is 0 Å². The molecule has 1 N–H and O–H groups in total. The number of phenolic OH excluding ortho intramolecular Hbond substituents is 1. The predicted molar refractivity (Wildman–Crippen MR) is 171 cm³/mol. The number of hydrogen-bond donors (Lipinski definition) is 1. The van der Waals surface area contributed by atoms with Crippen molar-refractivity contribution < 1.29 is 5.11 Å². The highest BCUT2D eigenvalue weighted by Gasteiger charge is 2.26. The Bertz CT molecular complexity index is 1920. The number of pyridine rings is 2. The second-order valence-corrected chi connectivity index (χ2v) is 13.1. The summed E-state index contributed by atoms with van der Waals surface area (Å²) in [6, 6.07) is 29.4. The highest BCUT2D eigenvalue weighted by atomic mass is 16.3. The number of nitrogens with zero attached hydrogens (tertiary/aromatic N) is 3. The van der Waals surface area contributed by atoms with Crippen LogP contribution >= 0.6 is 0 Å². The fourth-order valence-electron chi connectivity index (χ4n) is 5.66. The van der Waals surface area contributed by atoms with Crippen molar-refractivity contribution in [2.45, 2.75) is 59.3 Å². The maximum Gasteiger partial charge on any atom is 0.146 e. The van der Waals surface area contributed by atoms with Gasteiger partial charge in [0.1, 0.15) is 11.4 Å². The lowest BCUT2D eigenvalue weighted by Crippen LogP contribution is -2.17. The van der Waals surface area contributed by atoms with Gasteiger partial charge >= 0.3 is 0 Å². The zero-order valence-electron chi connectivity index (χ0n) is 24.9. The first kappa shape index (κ1) is 26.8. The molecule has 3 aromatic carbocycles. The number of rotatable bonds is 3. The average molecular weight is 540 g/mol. The lowest BCUT2D eigenvalue weighted by molar-refractivity contribution is 0.446. The molecule has 0 spiro atoms. The van der Waals surface area contributed by atoms with E-state index in [1.807, 2.05) is 30.5 Å². The molecule has 4 nitrogen and oxygen atoms in total. The van der Waals surface area contributed by atoms with Gasteiger partial charge in [0.05, 0.1) is 16.9 Å². The van der Waals surface area contributed by atoms with E-state index in [0.29, 0.717) is 5.75 Å². The molecule has 0 radical (unpaired) electrons. The summed E-state index contributed by atoms with van der Waals surface area (Å²) in [5.74, 6) is 0.299. The Morgan fingerprint density at radius 3 is 2.17 bits per heavy atom. The summed E-state index contributed by atoms with van der Waals surface area (Å²) in [4.78, 5) is 9.89. The molecule has 206 valence electrons. The van der Waals surface area contributed by atoms with E-state index in [2.05, 4.69) is 119 Å². The Morgan fingerprint density at radius 1 is 0.707 bits per heavy atom. The zero-order valence-corrected chi connectivity index (χ0v) is 24.9. The van der Waals surface area contributed by atoms with Gasteiger partial charge in [-0.05, 0) is 83.5 Å². The van der Waals surface area contributed by atoms with Gasteiger partial charge in [0.25, 0.3) is 0 Å². The van der Waals surface area contributed by atoms with Crippen LogP contribution in [0.2, 0.25) is 0 Å². The topological polar surface area (TPSA) is 50.9 Å². The summed E-state index contributed by atoms with van der Waals surface area (Å²) in [5.41, 5.74) is 9.46. The molecule has 0 aliphatic carbocycles. The van der Waals surface area contributed by atoms with Crippen LogP contribution in [0, 0.1) is 6.92 Å². The van der Waals surface area contributed by atoms with Gasteiger partial charge in [0, 0.05) is 39.3 Å². The minimum atomic E-state index is -0.220. The number of aromatic hydroxyl groups is 1.